The van der Waals surface area contributed by atoms with Crippen molar-refractivity contribution in [2.75, 3.05) is 11.1 Å². The number of amides is 1. The van der Waals surface area contributed by atoms with E-state index in [9.17, 15) is 4.79 Å². The number of hydrogen-bond acceptors (Lipinski definition) is 4. The second kappa shape index (κ2) is 5.73. The standard InChI is InChI=1S/C11H7BrCl2N4O/c12-5-1-2-6(7(15)3-5)10(19)17-9-4-8(13)16-11(14)18-9/h1-4H,15H2,(H,16,17,18,19). The van der Waals surface area contributed by atoms with E-state index in [4.69, 9.17) is 28.9 Å². The largest absolute Gasteiger partial charge is 0.398 e. The maximum atomic E-state index is 12.0. The molecule has 1 heterocycles. The maximum Gasteiger partial charge on any atom is 0.258 e. The molecule has 0 aliphatic rings. The van der Waals surface area contributed by atoms with Crippen LogP contribution in [-0.4, -0.2) is 15.9 Å². The van der Waals surface area contributed by atoms with Gasteiger partial charge in [0.25, 0.3) is 5.91 Å². The second-order valence-electron chi connectivity index (χ2n) is 3.53. The van der Waals surface area contributed by atoms with Gasteiger partial charge in [0.15, 0.2) is 0 Å². The third-order valence-electron chi connectivity index (χ3n) is 2.17. The molecule has 0 aliphatic carbocycles. The molecule has 0 saturated heterocycles. The molecule has 98 valence electrons. The van der Waals surface area contributed by atoms with Crippen LogP contribution in [0.4, 0.5) is 11.5 Å². The van der Waals surface area contributed by atoms with E-state index in [-0.39, 0.29) is 16.3 Å². The van der Waals surface area contributed by atoms with Crippen LogP contribution < -0.4 is 11.1 Å². The summed E-state index contributed by atoms with van der Waals surface area (Å²) in [7, 11) is 0. The Morgan fingerprint density at radius 2 is 2.00 bits per heavy atom. The fourth-order valence-corrected chi connectivity index (χ4v) is 2.17. The predicted octanol–water partition coefficient (Wildman–Crippen LogP) is 3.38. The smallest absolute Gasteiger partial charge is 0.258 e. The van der Waals surface area contributed by atoms with Crippen molar-refractivity contribution in [1.29, 1.82) is 0 Å². The summed E-state index contributed by atoms with van der Waals surface area (Å²) >= 11 is 14.6. The van der Waals surface area contributed by atoms with Crippen LogP contribution in [-0.2, 0) is 0 Å². The topological polar surface area (TPSA) is 80.9 Å². The van der Waals surface area contributed by atoms with Crippen LogP contribution in [0.1, 0.15) is 10.4 Å². The Balaban J connectivity index is 2.25. The summed E-state index contributed by atoms with van der Waals surface area (Å²) in [5.74, 6) is -0.201. The quantitative estimate of drug-likeness (QED) is 0.488. The molecule has 0 aliphatic heterocycles. The molecular weight excluding hydrogens is 355 g/mol. The van der Waals surface area contributed by atoms with Gasteiger partial charge in [0, 0.05) is 16.2 Å². The summed E-state index contributed by atoms with van der Waals surface area (Å²) in [5, 5.41) is 2.63. The van der Waals surface area contributed by atoms with Crippen molar-refractivity contribution in [1.82, 2.24) is 9.97 Å². The highest BCUT2D eigenvalue weighted by Gasteiger charge is 2.12. The number of carbonyl (C=O) groups is 1. The fourth-order valence-electron chi connectivity index (χ4n) is 1.38. The first-order chi connectivity index (χ1) is 8.95. The van der Waals surface area contributed by atoms with Crippen LogP contribution >= 0.6 is 39.1 Å². The van der Waals surface area contributed by atoms with Crippen LogP contribution in [0.25, 0.3) is 0 Å². The van der Waals surface area contributed by atoms with Gasteiger partial charge in [0.05, 0.1) is 5.56 Å². The van der Waals surface area contributed by atoms with Gasteiger partial charge in [-0.15, -0.1) is 0 Å². The molecule has 2 aromatic rings. The van der Waals surface area contributed by atoms with Crippen LogP contribution in [0, 0.1) is 0 Å². The van der Waals surface area contributed by atoms with Gasteiger partial charge in [-0.25, -0.2) is 9.97 Å². The molecule has 3 N–H and O–H groups in total. The maximum absolute atomic E-state index is 12.0. The van der Waals surface area contributed by atoms with Gasteiger partial charge < -0.3 is 11.1 Å². The second-order valence-corrected chi connectivity index (χ2v) is 5.17. The average molecular weight is 362 g/mol. The Morgan fingerprint density at radius 1 is 1.26 bits per heavy atom. The number of aromatic nitrogens is 2. The van der Waals surface area contributed by atoms with E-state index in [1.165, 1.54) is 6.07 Å². The molecule has 5 nitrogen and oxygen atoms in total. The van der Waals surface area contributed by atoms with E-state index in [1.54, 1.807) is 18.2 Å². The molecule has 2 rings (SSSR count). The summed E-state index contributed by atoms with van der Waals surface area (Å²) < 4.78 is 0.787. The van der Waals surface area contributed by atoms with Crippen LogP contribution in [0.2, 0.25) is 10.4 Å². The number of nitrogens with one attached hydrogen (secondary N) is 1. The Morgan fingerprint density at radius 3 is 2.63 bits per heavy atom. The normalized spacial score (nSPS) is 10.3. The monoisotopic (exact) mass is 360 g/mol. The van der Waals surface area contributed by atoms with E-state index in [2.05, 4.69) is 31.2 Å². The summed E-state index contributed by atoms with van der Waals surface area (Å²) in [4.78, 5) is 19.5. The van der Waals surface area contributed by atoms with Crippen LogP contribution in [0.15, 0.2) is 28.7 Å². The Hall–Kier alpha value is -1.37. The molecule has 0 unspecified atom stereocenters. The Bertz CT molecular complexity index is 630. The molecule has 0 fully saturated rings. The SMILES string of the molecule is Nc1cc(Br)ccc1C(=O)Nc1cc(Cl)nc(Cl)n1. The molecule has 1 aromatic carbocycles. The summed E-state index contributed by atoms with van der Waals surface area (Å²) in [6, 6.07) is 6.33. The minimum Gasteiger partial charge on any atom is -0.398 e. The zero-order valence-electron chi connectivity index (χ0n) is 9.32. The molecule has 8 heteroatoms. The highest BCUT2D eigenvalue weighted by atomic mass is 79.9. The lowest BCUT2D eigenvalue weighted by Crippen LogP contribution is -2.15. The molecule has 0 radical (unpaired) electrons. The van der Waals surface area contributed by atoms with Gasteiger partial charge in [-0.3, -0.25) is 4.79 Å². The molecule has 0 atom stereocenters. The van der Waals surface area contributed by atoms with Gasteiger partial charge >= 0.3 is 0 Å². The highest BCUT2D eigenvalue weighted by molar-refractivity contribution is 9.10. The first kappa shape index (κ1) is 14.0. The van der Waals surface area contributed by atoms with Gasteiger partial charge in [0.2, 0.25) is 5.28 Å². The summed E-state index contributed by atoms with van der Waals surface area (Å²) in [5.41, 5.74) is 6.43. The molecule has 0 bridgehead atoms. The van der Waals surface area contributed by atoms with Gasteiger partial charge in [-0.2, -0.15) is 0 Å². The van der Waals surface area contributed by atoms with Crippen molar-refractivity contribution in [2.45, 2.75) is 0 Å². The van der Waals surface area contributed by atoms with Crippen molar-refractivity contribution in [3.8, 4) is 0 Å². The van der Waals surface area contributed by atoms with Gasteiger partial charge in [-0.1, -0.05) is 27.5 Å². The third kappa shape index (κ3) is 3.56. The molecule has 1 aromatic heterocycles. The number of halogens is 3. The van der Waals surface area contributed by atoms with Crippen LogP contribution in [0.5, 0.6) is 0 Å². The Kier molecular flexibility index (Phi) is 4.24. The first-order valence-electron chi connectivity index (χ1n) is 5.02. The third-order valence-corrected chi connectivity index (χ3v) is 3.02. The van der Waals surface area contributed by atoms with E-state index in [0.717, 1.165) is 4.47 Å². The predicted molar refractivity (Wildman–Crippen MR) is 78.6 cm³/mol. The minimum atomic E-state index is -0.407. The van der Waals surface area contributed by atoms with E-state index in [0.29, 0.717) is 11.3 Å². The number of nitrogen functional groups attached to an aromatic ring is 1. The molecule has 1 amide bonds. The fraction of sp³-hybridized carbons (Fsp3) is 0. The van der Waals surface area contributed by atoms with Crippen molar-refractivity contribution in [2.24, 2.45) is 0 Å². The number of anilines is 2. The zero-order valence-corrected chi connectivity index (χ0v) is 12.4. The number of nitrogens with zero attached hydrogens (tertiary/aromatic N) is 2. The lowest BCUT2D eigenvalue weighted by atomic mass is 10.1. The van der Waals surface area contributed by atoms with Gasteiger partial charge in [-0.05, 0) is 29.8 Å². The first-order valence-corrected chi connectivity index (χ1v) is 6.57. The van der Waals surface area contributed by atoms with E-state index >= 15 is 0 Å². The Labute approximate surface area is 127 Å². The molecule has 0 saturated carbocycles. The van der Waals surface area contributed by atoms with Crippen molar-refractivity contribution >= 4 is 56.5 Å². The van der Waals surface area contributed by atoms with Crippen molar-refractivity contribution < 1.29 is 4.79 Å². The van der Waals surface area contributed by atoms with E-state index < -0.39 is 5.91 Å². The van der Waals surface area contributed by atoms with Crippen LogP contribution in [0.3, 0.4) is 0 Å². The number of hydrogen-bond donors (Lipinski definition) is 2. The lowest BCUT2D eigenvalue weighted by Gasteiger charge is -2.07. The summed E-state index contributed by atoms with van der Waals surface area (Å²) in [6.07, 6.45) is 0. The number of benzene rings is 1. The average Bonchev–Trinajstić information content (AvgIpc) is 2.26. The highest BCUT2D eigenvalue weighted by Crippen LogP contribution is 2.20. The molecule has 19 heavy (non-hydrogen) atoms. The van der Waals surface area contributed by atoms with E-state index in [1.807, 2.05) is 0 Å². The van der Waals surface area contributed by atoms with Gasteiger partial charge in [0.1, 0.15) is 11.0 Å². The lowest BCUT2D eigenvalue weighted by molar-refractivity contribution is 0.102. The number of rotatable bonds is 2. The number of carbonyl (C=O) groups excluding carboxylic acids is 1. The molecule has 0 spiro atoms. The van der Waals surface area contributed by atoms with Crippen molar-refractivity contribution in [3.05, 3.63) is 44.7 Å². The zero-order chi connectivity index (χ0) is 14.0. The van der Waals surface area contributed by atoms with Crippen molar-refractivity contribution in [3.63, 3.8) is 0 Å². The minimum absolute atomic E-state index is 0.0495. The summed E-state index contributed by atoms with van der Waals surface area (Å²) in [6.45, 7) is 0. The number of nitrogens with two attached hydrogens (primary N) is 1. The molecular formula is C11H7BrCl2N4O.